The molecule has 4 atom stereocenters. The third kappa shape index (κ3) is 12.2. The molecule has 1 fully saturated rings. The smallest absolute Gasteiger partial charge is 0.289 e. The molecule has 1 heterocycles. The minimum atomic E-state index is -3.84. The van der Waals surface area contributed by atoms with Crippen molar-refractivity contribution in [2.75, 3.05) is 19.6 Å². The summed E-state index contributed by atoms with van der Waals surface area (Å²) in [6.07, 6.45) is 2.13. The van der Waals surface area contributed by atoms with Gasteiger partial charge in [0.25, 0.3) is 5.91 Å². The van der Waals surface area contributed by atoms with E-state index < -0.39 is 57.8 Å². The molecule has 0 bridgehead atoms. The molecule has 280 valence electrons. The average molecular weight is 755 g/mol. The Labute approximate surface area is 309 Å². The number of nitrogens with one attached hydrogen (secondary N) is 2. The molecule has 15 heteroatoms. The van der Waals surface area contributed by atoms with Gasteiger partial charge in [0.05, 0.1) is 29.7 Å². The number of sulfonamides is 1. The van der Waals surface area contributed by atoms with Crippen molar-refractivity contribution in [2.24, 2.45) is 16.6 Å². The summed E-state index contributed by atoms with van der Waals surface area (Å²) in [6, 6.07) is 19.6. The topological polar surface area (TPSA) is 217 Å². The number of rotatable bonds is 19. The lowest BCUT2D eigenvalue weighted by atomic mass is 10.0. The summed E-state index contributed by atoms with van der Waals surface area (Å²) in [5.41, 5.74) is 14.7. The van der Waals surface area contributed by atoms with Crippen molar-refractivity contribution in [2.45, 2.75) is 80.7 Å². The van der Waals surface area contributed by atoms with Crippen molar-refractivity contribution in [3.05, 3.63) is 101 Å². The Hall–Kier alpha value is -4.18. The van der Waals surface area contributed by atoms with Crippen LogP contribution in [0.15, 0.2) is 83.8 Å². The number of ketones is 1. The highest BCUT2D eigenvalue weighted by Gasteiger charge is 2.42. The number of nitrogens with zero attached hydrogens (tertiary/aromatic N) is 1. The standard InChI is InChI=1S/C37H47ClN6O7S/c38-28-14-9-27(10-15-28)24-51-29-22-33(44(23-29)37(48)31(40)18-13-25-6-2-1-3-7-25)35(46)43-32(8-4-5-20-39)34(45)36(47)42-21-19-26-11-16-30(17-12-26)52(41,49)50/h1-3,6-7,9-12,14-17,29,31-33H,4-5,8,13,18-24,39-40H2,(H,42,47)(H,43,46)(H2,41,49,50)/t29-,31-,32+,33+/m1/s1. The van der Waals surface area contributed by atoms with Gasteiger partial charge in [-0.1, -0.05) is 66.2 Å². The van der Waals surface area contributed by atoms with E-state index in [1.54, 1.807) is 24.3 Å². The van der Waals surface area contributed by atoms with Crippen LogP contribution >= 0.6 is 11.6 Å². The summed E-state index contributed by atoms with van der Waals surface area (Å²) >= 11 is 6.02. The Balaban J connectivity index is 1.43. The van der Waals surface area contributed by atoms with E-state index in [1.165, 1.54) is 17.0 Å². The summed E-state index contributed by atoms with van der Waals surface area (Å²) in [5, 5.41) is 11.1. The lowest BCUT2D eigenvalue weighted by Crippen LogP contribution is -2.55. The van der Waals surface area contributed by atoms with Crippen molar-refractivity contribution < 1.29 is 32.3 Å². The molecule has 0 radical (unpaired) electrons. The van der Waals surface area contributed by atoms with Crippen molar-refractivity contribution in [1.82, 2.24) is 15.5 Å². The van der Waals surface area contributed by atoms with E-state index in [1.807, 2.05) is 42.5 Å². The SMILES string of the molecule is NCCCC[C@H](NC(=O)[C@@H]1C[C@@H](OCc2ccc(Cl)cc2)CN1C(=O)[C@H](N)CCc1ccccc1)C(=O)C(=O)NCCc1ccc(S(N)(=O)=O)cc1. The molecule has 8 N–H and O–H groups in total. The van der Waals surface area contributed by atoms with Crippen LogP contribution in [-0.2, 0) is 53.4 Å². The van der Waals surface area contributed by atoms with E-state index in [9.17, 15) is 27.6 Å². The number of unbranched alkanes of at least 4 members (excludes halogenated alkanes) is 1. The van der Waals surface area contributed by atoms with Crippen LogP contribution in [0, 0.1) is 0 Å². The number of carbonyl (C=O) groups excluding carboxylic acids is 4. The van der Waals surface area contributed by atoms with Gasteiger partial charge < -0.3 is 31.7 Å². The van der Waals surface area contributed by atoms with Crippen LogP contribution in [0.3, 0.4) is 0 Å². The fraction of sp³-hybridized carbons (Fsp3) is 0.405. The largest absolute Gasteiger partial charge is 0.372 e. The first-order valence-corrected chi connectivity index (χ1v) is 19.2. The minimum Gasteiger partial charge on any atom is -0.372 e. The Bertz CT molecular complexity index is 1760. The highest BCUT2D eigenvalue weighted by Crippen LogP contribution is 2.24. The fourth-order valence-electron chi connectivity index (χ4n) is 5.95. The van der Waals surface area contributed by atoms with Crippen molar-refractivity contribution >= 4 is 45.1 Å². The van der Waals surface area contributed by atoms with Gasteiger partial charge in [-0.3, -0.25) is 19.2 Å². The average Bonchev–Trinajstić information content (AvgIpc) is 3.57. The van der Waals surface area contributed by atoms with Gasteiger partial charge in [-0.15, -0.1) is 0 Å². The Morgan fingerprint density at radius 2 is 1.54 bits per heavy atom. The van der Waals surface area contributed by atoms with E-state index >= 15 is 0 Å². The van der Waals surface area contributed by atoms with Gasteiger partial charge >= 0.3 is 0 Å². The molecule has 3 amide bonds. The third-order valence-electron chi connectivity index (χ3n) is 8.91. The summed E-state index contributed by atoms with van der Waals surface area (Å²) in [7, 11) is -3.84. The highest BCUT2D eigenvalue weighted by molar-refractivity contribution is 7.89. The predicted octanol–water partition coefficient (Wildman–Crippen LogP) is 1.98. The van der Waals surface area contributed by atoms with Gasteiger partial charge in [0, 0.05) is 24.5 Å². The summed E-state index contributed by atoms with van der Waals surface area (Å²) < 4.78 is 29.2. The lowest BCUT2D eigenvalue weighted by Gasteiger charge is -2.28. The van der Waals surface area contributed by atoms with Gasteiger partial charge in [-0.05, 0) is 86.0 Å². The number of amides is 3. The van der Waals surface area contributed by atoms with E-state index in [0.29, 0.717) is 49.2 Å². The van der Waals surface area contributed by atoms with E-state index in [0.717, 1.165) is 11.1 Å². The van der Waals surface area contributed by atoms with Crippen LogP contribution in [-0.4, -0.2) is 80.7 Å². The van der Waals surface area contributed by atoms with Crippen LogP contribution in [0.2, 0.25) is 5.02 Å². The van der Waals surface area contributed by atoms with Gasteiger partial charge in [0.1, 0.15) is 6.04 Å². The number of ether oxygens (including phenoxy) is 1. The van der Waals surface area contributed by atoms with Crippen LogP contribution < -0.4 is 27.2 Å². The molecule has 13 nitrogen and oxygen atoms in total. The molecular weight excluding hydrogens is 708 g/mol. The number of carbonyl (C=O) groups is 4. The molecule has 0 unspecified atom stereocenters. The normalized spacial score (nSPS) is 17.0. The maximum atomic E-state index is 13.9. The Morgan fingerprint density at radius 3 is 2.19 bits per heavy atom. The Morgan fingerprint density at radius 1 is 0.885 bits per heavy atom. The number of hydrogen-bond acceptors (Lipinski definition) is 9. The monoisotopic (exact) mass is 754 g/mol. The highest BCUT2D eigenvalue weighted by atomic mass is 35.5. The van der Waals surface area contributed by atoms with Crippen LogP contribution in [0.25, 0.3) is 0 Å². The fourth-order valence-corrected chi connectivity index (χ4v) is 6.59. The third-order valence-corrected chi connectivity index (χ3v) is 10.1. The minimum absolute atomic E-state index is 0.0392. The zero-order valence-electron chi connectivity index (χ0n) is 28.9. The maximum absolute atomic E-state index is 13.9. The van der Waals surface area contributed by atoms with Gasteiger partial charge in [-0.25, -0.2) is 13.6 Å². The van der Waals surface area contributed by atoms with Gasteiger partial charge in [0.2, 0.25) is 27.6 Å². The van der Waals surface area contributed by atoms with Crippen molar-refractivity contribution in [3.63, 3.8) is 0 Å². The zero-order chi connectivity index (χ0) is 37.7. The summed E-state index contributed by atoms with van der Waals surface area (Å²) in [6.45, 7) is 0.799. The molecule has 0 aliphatic carbocycles. The summed E-state index contributed by atoms with van der Waals surface area (Å²) in [4.78, 5) is 55.4. The van der Waals surface area contributed by atoms with Crippen LogP contribution in [0.4, 0.5) is 0 Å². The predicted molar refractivity (Wildman–Crippen MR) is 197 cm³/mol. The molecule has 1 aliphatic rings. The first-order valence-electron chi connectivity index (χ1n) is 17.3. The van der Waals surface area contributed by atoms with E-state index in [4.69, 9.17) is 32.9 Å². The second-order valence-electron chi connectivity index (χ2n) is 12.8. The van der Waals surface area contributed by atoms with Crippen molar-refractivity contribution in [3.8, 4) is 0 Å². The molecular formula is C37H47ClN6O7S. The number of aryl methyl sites for hydroxylation is 1. The number of halogens is 1. The summed E-state index contributed by atoms with van der Waals surface area (Å²) in [5.74, 6) is -2.71. The molecule has 0 aromatic heterocycles. The molecule has 0 saturated carbocycles. The van der Waals surface area contributed by atoms with E-state index in [2.05, 4.69) is 10.6 Å². The molecule has 1 aliphatic heterocycles. The van der Waals surface area contributed by atoms with Gasteiger partial charge in [-0.2, -0.15) is 0 Å². The molecule has 0 spiro atoms. The zero-order valence-corrected chi connectivity index (χ0v) is 30.5. The van der Waals surface area contributed by atoms with Crippen LogP contribution in [0.1, 0.15) is 48.8 Å². The number of nitrogens with two attached hydrogens (primary N) is 3. The molecule has 3 aromatic carbocycles. The molecule has 52 heavy (non-hydrogen) atoms. The first-order chi connectivity index (χ1) is 24.8. The quantitative estimate of drug-likeness (QED) is 0.0892. The number of benzene rings is 3. The number of hydrogen-bond donors (Lipinski definition) is 5. The number of likely N-dealkylation sites (tertiary alicyclic amines) is 1. The van der Waals surface area contributed by atoms with Gasteiger partial charge in [0.15, 0.2) is 0 Å². The molecule has 4 rings (SSSR count). The number of primary sulfonamides is 1. The maximum Gasteiger partial charge on any atom is 0.289 e. The van der Waals surface area contributed by atoms with E-state index in [-0.39, 0.29) is 37.4 Å². The Kier molecular flexibility index (Phi) is 15.3. The van der Waals surface area contributed by atoms with Crippen molar-refractivity contribution in [1.29, 1.82) is 0 Å². The van der Waals surface area contributed by atoms with Crippen LogP contribution in [0.5, 0.6) is 0 Å². The lowest BCUT2D eigenvalue weighted by molar-refractivity contribution is -0.142. The number of Topliss-reactive ketones (excluding diaryl/α,β-unsaturated/α-hetero) is 1. The molecule has 3 aromatic rings. The second kappa shape index (κ2) is 19.6. The molecule has 1 saturated heterocycles. The second-order valence-corrected chi connectivity index (χ2v) is 14.8. The first kappa shape index (κ1) is 40.6.